The van der Waals surface area contributed by atoms with E-state index in [1.54, 1.807) is 4.90 Å². The minimum Gasteiger partial charge on any atom is -0.346 e. The highest BCUT2D eigenvalue weighted by Gasteiger charge is 2.39. The normalized spacial score (nSPS) is 19.8. The SMILES string of the molecule is CN1CCCC(C)(c2ccc(Cc3nc(-c4c(F)cccc4F)nc4c3C(=O)NC4)cc2)C1=O. The topological polar surface area (TPSA) is 75.2 Å². The summed E-state index contributed by atoms with van der Waals surface area (Å²) in [6, 6.07) is 11.3. The molecule has 6 nitrogen and oxygen atoms in total. The molecule has 2 aromatic carbocycles. The fourth-order valence-electron chi connectivity index (χ4n) is 4.90. The Hall–Kier alpha value is -3.68. The van der Waals surface area contributed by atoms with Gasteiger partial charge in [-0.15, -0.1) is 0 Å². The van der Waals surface area contributed by atoms with E-state index in [-0.39, 0.29) is 36.2 Å². The number of benzene rings is 2. The molecule has 1 atom stereocenters. The summed E-state index contributed by atoms with van der Waals surface area (Å²) in [5.41, 5.74) is 2.10. The molecule has 2 aliphatic rings. The number of carbonyl (C=O) groups is 2. The van der Waals surface area contributed by atoms with Gasteiger partial charge in [0.05, 0.1) is 34.5 Å². The van der Waals surface area contributed by atoms with Gasteiger partial charge in [0.1, 0.15) is 11.6 Å². The molecule has 8 heteroatoms. The minimum atomic E-state index is -0.761. The van der Waals surface area contributed by atoms with Crippen molar-refractivity contribution in [3.63, 3.8) is 0 Å². The van der Waals surface area contributed by atoms with E-state index < -0.39 is 17.0 Å². The number of likely N-dealkylation sites (N-methyl/N-ethyl adjacent to an activating group) is 1. The lowest BCUT2D eigenvalue weighted by molar-refractivity contribution is -0.138. The zero-order valence-electron chi connectivity index (χ0n) is 19.0. The summed E-state index contributed by atoms with van der Waals surface area (Å²) in [5, 5.41) is 2.71. The first-order valence-electron chi connectivity index (χ1n) is 11.3. The van der Waals surface area contributed by atoms with Crippen molar-refractivity contribution >= 4 is 11.8 Å². The molecule has 0 radical (unpaired) electrons. The fraction of sp³-hybridized carbons (Fsp3) is 0.308. The molecule has 2 amide bonds. The molecule has 0 spiro atoms. The van der Waals surface area contributed by atoms with E-state index in [9.17, 15) is 18.4 Å². The van der Waals surface area contributed by atoms with Crippen LogP contribution in [0, 0.1) is 11.6 Å². The van der Waals surface area contributed by atoms with Gasteiger partial charge in [0.25, 0.3) is 5.91 Å². The first kappa shape index (κ1) is 22.1. The van der Waals surface area contributed by atoms with Crippen LogP contribution in [0.3, 0.4) is 0 Å². The monoisotopic (exact) mass is 462 g/mol. The van der Waals surface area contributed by atoms with Gasteiger partial charge in [-0.1, -0.05) is 30.3 Å². The summed E-state index contributed by atoms with van der Waals surface area (Å²) in [6.07, 6.45) is 2.01. The zero-order chi connectivity index (χ0) is 24.0. The van der Waals surface area contributed by atoms with E-state index in [1.165, 1.54) is 6.07 Å². The third kappa shape index (κ3) is 3.63. The molecule has 0 bridgehead atoms. The summed E-state index contributed by atoms with van der Waals surface area (Å²) in [7, 11) is 1.82. The Morgan fingerprint density at radius 3 is 2.44 bits per heavy atom. The van der Waals surface area contributed by atoms with Crippen molar-refractivity contribution in [2.45, 2.75) is 38.1 Å². The Balaban J connectivity index is 1.51. The van der Waals surface area contributed by atoms with E-state index in [0.29, 0.717) is 17.0 Å². The summed E-state index contributed by atoms with van der Waals surface area (Å²) in [5.74, 6) is -1.80. The van der Waals surface area contributed by atoms with Crippen LogP contribution in [-0.2, 0) is 23.2 Å². The molecule has 1 N–H and O–H groups in total. The van der Waals surface area contributed by atoms with Gasteiger partial charge < -0.3 is 10.2 Å². The Morgan fingerprint density at radius 1 is 1.03 bits per heavy atom. The van der Waals surface area contributed by atoms with Crippen LogP contribution in [0.5, 0.6) is 0 Å². The van der Waals surface area contributed by atoms with Crippen molar-refractivity contribution in [3.05, 3.63) is 82.2 Å². The van der Waals surface area contributed by atoms with Gasteiger partial charge in [-0.2, -0.15) is 0 Å². The van der Waals surface area contributed by atoms with Crippen molar-refractivity contribution in [1.29, 1.82) is 0 Å². The number of fused-ring (bicyclic) bond motifs is 1. The summed E-state index contributed by atoms with van der Waals surface area (Å²) < 4.78 is 28.8. The van der Waals surface area contributed by atoms with Gasteiger partial charge in [0.15, 0.2) is 5.82 Å². The standard InChI is InChI=1S/C26H24F2N4O2/c1-26(11-4-12-32(2)25(26)34)16-9-7-15(8-10-16)13-19-22-20(14-29-24(22)33)31-23(30-19)21-17(27)5-3-6-18(21)28/h3,5-10H,4,11-14H2,1-2H3,(H,29,33). The number of halogens is 2. The van der Waals surface area contributed by atoms with Gasteiger partial charge in [-0.25, -0.2) is 18.7 Å². The average Bonchev–Trinajstić information content (AvgIpc) is 3.19. The highest BCUT2D eigenvalue weighted by Crippen LogP contribution is 2.35. The lowest BCUT2D eigenvalue weighted by atomic mass is 9.75. The van der Waals surface area contributed by atoms with Gasteiger partial charge in [0.2, 0.25) is 5.91 Å². The third-order valence-electron chi connectivity index (χ3n) is 6.84. The van der Waals surface area contributed by atoms with E-state index in [4.69, 9.17) is 0 Å². The van der Waals surface area contributed by atoms with Gasteiger partial charge in [-0.05, 0) is 43.0 Å². The smallest absolute Gasteiger partial charge is 0.255 e. The minimum absolute atomic E-state index is 0.0826. The third-order valence-corrected chi connectivity index (χ3v) is 6.84. The number of rotatable bonds is 4. The second-order valence-electron chi connectivity index (χ2n) is 9.13. The fourth-order valence-corrected chi connectivity index (χ4v) is 4.90. The quantitative estimate of drug-likeness (QED) is 0.641. The maximum atomic E-state index is 14.4. The number of hydrogen-bond donors (Lipinski definition) is 1. The van der Waals surface area contributed by atoms with Crippen molar-refractivity contribution in [2.75, 3.05) is 13.6 Å². The van der Waals surface area contributed by atoms with E-state index >= 15 is 0 Å². The van der Waals surface area contributed by atoms with Crippen molar-refractivity contribution in [1.82, 2.24) is 20.2 Å². The number of aromatic nitrogens is 2. The number of piperidine rings is 1. The predicted molar refractivity (Wildman–Crippen MR) is 122 cm³/mol. The van der Waals surface area contributed by atoms with Gasteiger partial charge in [0, 0.05) is 20.0 Å². The molecule has 0 aliphatic carbocycles. The molecule has 34 heavy (non-hydrogen) atoms. The first-order valence-corrected chi connectivity index (χ1v) is 11.3. The van der Waals surface area contributed by atoms with Crippen LogP contribution in [0.1, 0.15) is 52.6 Å². The highest BCUT2D eigenvalue weighted by atomic mass is 19.1. The van der Waals surface area contributed by atoms with Gasteiger partial charge in [-0.3, -0.25) is 9.59 Å². The predicted octanol–water partition coefficient (Wildman–Crippen LogP) is 3.77. The van der Waals surface area contributed by atoms with Crippen molar-refractivity contribution in [3.8, 4) is 11.4 Å². The van der Waals surface area contributed by atoms with Crippen molar-refractivity contribution in [2.24, 2.45) is 0 Å². The van der Waals surface area contributed by atoms with Crippen LogP contribution in [0.25, 0.3) is 11.4 Å². The number of carbonyl (C=O) groups excluding carboxylic acids is 2. The molecule has 174 valence electrons. The lowest BCUT2D eigenvalue weighted by Gasteiger charge is -2.38. The Labute approximate surface area is 196 Å². The Bertz CT molecular complexity index is 1290. The molecule has 2 aliphatic heterocycles. The van der Waals surface area contributed by atoms with E-state index in [1.807, 2.05) is 38.2 Å². The molecule has 1 unspecified atom stereocenters. The maximum Gasteiger partial charge on any atom is 0.255 e. The molecule has 0 saturated carbocycles. The van der Waals surface area contributed by atoms with Crippen LogP contribution in [-0.4, -0.2) is 40.3 Å². The van der Waals surface area contributed by atoms with Crippen LogP contribution in [0.4, 0.5) is 8.78 Å². The van der Waals surface area contributed by atoms with Gasteiger partial charge >= 0.3 is 0 Å². The number of amides is 2. The molecular weight excluding hydrogens is 438 g/mol. The van der Waals surface area contributed by atoms with Crippen LogP contribution in [0.2, 0.25) is 0 Å². The number of likely N-dealkylation sites (tertiary alicyclic amines) is 1. The molecule has 1 aromatic heterocycles. The largest absolute Gasteiger partial charge is 0.346 e. The number of nitrogens with one attached hydrogen (secondary N) is 1. The Kier molecular flexibility index (Phi) is 5.38. The number of hydrogen-bond acceptors (Lipinski definition) is 4. The van der Waals surface area contributed by atoms with E-state index in [2.05, 4.69) is 15.3 Å². The highest BCUT2D eigenvalue weighted by molar-refractivity contribution is 5.99. The average molecular weight is 463 g/mol. The number of nitrogens with zero attached hydrogens (tertiary/aromatic N) is 3. The molecule has 1 saturated heterocycles. The second kappa shape index (κ2) is 8.27. The molecule has 1 fully saturated rings. The zero-order valence-corrected chi connectivity index (χ0v) is 19.0. The molecule has 5 rings (SSSR count). The van der Waals surface area contributed by atoms with Crippen molar-refractivity contribution < 1.29 is 18.4 Å². The summed E-state index contributed by atoms with van der Waals surface area (Å²) >= 11 is 0. The first-order chi connectivity index (χ1) is 16.3. The molecule has 3 heterocycles. The van der Waals surface area contributed by atoms with Crippen LogP contribution >= 0.6 is 0 Å². The van der Waals surface area contributed by atoms with E-state index in [0.717, 1.165) is 42.6 Å². The maximum absolute atomic E-state index is 14.4. The Morgan fingerprint density at radius 2 is 1.74 bits per heavy atom. The van der Waals surface area contributed by atoms with Crippen LogP contribution < -0.4 is 5.32 Å². The van der Waals surface area contributed by atoms with Crippen LogP contribution in [0.15, 0.2) is 42.5 Å². The second-order valence-corrected chi connectivity index (χ2v) is 9.13. The lowest BCUT2D eigenvalue weighted by Crippen LogP contribution is -2.47. The molecular formula is C26H24F2N4O2. The molecule has 3 aromatic rings. The summed E-state index contributed by atoms with van der Waals surface area (Å²) in [4.78, 5) is 35.7. The summed E-state index contributed by atoms with van der Waals surface area (Å²) in [6.45, 7) is 2.91.